The summed E-state index contributed by atoms with van der Waals surface area (Å²) in [6.45, 7) is 3.80. The van der Waals surface area contributed by atoms with Crippen molar-refractivity contribution in [2.24, 2.45) is 0 Å². The predicted molar refractivity (Wildman–Crippen MR) is 70.2 cm³/mol. The summed E-state index contributed by atoms with van der Waals surface area (Å²) in [6.07, 6.45) is 0. The zero-order chi connectivity index (χ0) is 12.4. The van der Waals surface area contributed by atoms with Gasteiger partial charge in [-0.05, 0) is 49.4 Å². The van der Waals surface area contributed by atoms with Crippen molar-refractivity contribution in [3.8, 4) is 0 Å². The maximum atomic E-state index is 9.30. The Bertz CT molecular complexity index is 520. The summed E-state index contributed by atoms with van der Waals surface area (Å²) in [5.41, 5.74) is 1.76. The first kappa shape index (κ1) is 12.7. The Balaban J connectivity index is 2.29. The summed E-state index contributed by atoms with van der Waals surface area (Å²) in [4.78, 5) is 5.26. The van der Waals surface area contributed by atoms with E-state index in [1.807, 2.05) is 32.0 Å². The number of aliphatic hydroxyl groups excluding tert-OH is 1. The summed E-state index contributed by atoms with van der Waals surface area (Å²) in [6, 6.07) is 5.77. The number of aryl methyl sites for hydroxylation is 2. The number of hydrogen-bond acceptors (Lipinski definition) is 4. The molecule has 2 rings (SSSR count). The molecule has 1 heterocycles. The zero-order valence-electron chi connectivity index (χ0n) is 9.53. The summed E-state index contributed by atoms with van der Waals surface area (Å²) in [5.74, 6) is 0.829. The van der Waals surface area contributed by atoms with Gasteiger partial charge in [0.2, 0.25) is 0 Å². The molecule has 0 spiro atoms. The van der Waals surface area contributed by atoms with Crippen LogP contribution in [0.5, 0.6) is 0 Å². The van der Waals surface area contributed by atoms with Crippen LogP contribution in [0.2, 0.25) is 0 Å². The van der Waals surface area contributed by atoms with Gasteiger partial charge in [-0.3, -0.25) is 0 Å². The Morgan fingerprint density at radius 3 is 2.76 bits per heavy atom. The van der Waals surface area contributed by atoms with E-state index in [9.17, 15) is 5.11 Å². The van der Waals surface area contributed by atoms with E-state index in [4.69, 9.17) is 4.42 Å². The average molecular weight is 314 g/mol. The molecule has 0 saturated carbocycles. The molecule has 0 unspecified atom stereocenters. The summed E-state index contributed by atoms with van der Waals surface area (Å²) < 4.78 is 6.46. The lowest BCUT2D eigenvalue weighted by Gasteiger charge is -2.04. The Kier molecular flexibility index (Phi) is 3.91. The van der Waals surface area contributed by atoms with E-state index >= 15 is 0 Å². The lowest BCUT2D eigenvalue weighted by atomic mass is 10.2. The van der Waals surface area contributed by atoms with Gasteiger partial charge in [-0.25, -0.2) is 4.98 Å². The van der Waals surface area contributed by atoms with Gasteiger partial charge < -0.3 is 9.52 Å². The molecule has 3 nitrogen and oxygen atoms in total. The fourth-order valence-corrected chi connectivity index (χ4v) is 2.69. The number of benzene rings is 1. The molecule has 17 heavy (non-hydrogen) atoms. The second kappa shape index (κ2) is 5.25. The van der Waals surface area contributed by atoms with Gasteiger partial charge in [0.15, 0.2) is 0 Å². The van der Waals surface area contributed by atoms with Gasteiger partial charge >= 0.3 is 0 Å². The molecule has 0 radical (unpaired) electrons. The minimum Gasteiger partial charge on any atom is -0.436 e. The van der Waals surface area contributed by atoms with E-state index in [1.165, 1.54) is 11.8 Å². The van der Waals surface area contributed by atoms with Gasteiger partial charge in [-0.2, -0.15) is 0 Å². The van der Waals surface area contributed by atoms with E-state index in [-0.39, 0.29) is 6.61 Å². The molecule has 1 aromatic carbocycles. The predicted octanol–water partition coefficient (Wildman–Crippen LogP) is 3.70. The molecule has 0 atom stereocenters. The van der Waals surface area contributed by atoms with E-state index in [2.05, 4.69) is 20.9 Å². The summed E-state index contributed by atoms with van der Waals surface area (Å²) in [7, 11) is 0. The molecule has 2 aromatic rings. The summed E-state index contributed by atoms with van der Waals surface area (Å²) >= 11 is 4.80. The van der Waals surface area contributed by atoms with Gasteiger partial charge in [0, 0.05) is 9.37 Å². The highest BCUT2D eigenvalue weighted by Crippen LogP contribution is 2.32. The lowest BCUT2D eigenvalue weighted by Crippen LogP contribution is -1.87. The molecule has 0 amide bonds. The van der Waals surface area contributed by atoms with Gasteiger partial charge in [-0.15, -0.1) is 0 Å². The van der Waals surface area contributed by atoms with Crippen LogP contribution in [0.25, 0.3) is 0 Å². The number of halogens is 1. The fraction of sp³-hybridized carbons (Fsp3) is 0.250. The lowest BCUT2D eigenvalue weighted by molar-refractivity contribution is 0.279. The van der Waals surface area contributed by atoms with Gasteiger partial charge in [-0.1, -0.05) is 15.9 Å². The van der Waals surface area contributed by atoms with Crippen molar-refractivity contribution in [2.75, 3.05) is 0 Å². The molecule has 0 bridgehead atoms. The van der Waals surface area contributed by atoms with Crippen LogP contribution >= 0.6 is 27.7 Å². The van der Waals surface area contributed by atoms with Crippen molar-refractivity contribution in [3.05, 3.63) is 39.7 Å². The minimum atomic E-state index is 0.000443. The van der Waals surface area contributed by atoms with Crippen LogP contribution in [0.3, 0.4) is 0 Å². The van der Waals surface area contributed by atoms with E-state index in [0.29, 0.717) is 5.22 Å². The number of aromatic nitrogens is 1. The van der Waals surface area contributed by atoms with Crippen LogP contribution < -0.4 is 0 Å². The fourth-order valence-electron chi connectivity index (χ4n) is 1.35. The Morgan fingerprint density at radius 2 is 2.18 bits per heavy atom. The molecule has 0 aliphatic rings. The van der Waals surface area contributed by atoms with E-state index in [1.54, 1.807) is 0 Å². The number of oxazole rings is 1. The maximum absolute atomic E-state index is 9.30. The van der Waals surface area contributed by atoms with Crippen LogP contribution in [0, 0.1) is 13.8 Å². The van der Waals surface area contributed by atoms with Gasteiger partial charge in [0.05, 0.1) is 12.3 Å². The molecule has 5 heteroatoms. The molecule has 0 saturated heterocycles. The van der Waals surface area contributed by atoms with Crippen LogP contribution in [0.4, 0.5) is 0 Å². The van der Waals surface area contributed by atoms with Crippen LogP contribution in [0.1, 0.15) is 17.0 Å². The van der Waals surface area contributed by atoms with E-state index in [0.717, 1.165) is 26.4 Å². The molecule has 1 N–H and O–H groups in total. The van der Waals surface area contributed by atoms with Crippen LogP contribution in [-0.2, 0) is 6.61 Å². The molecule has 0 fully saturated rings. The number of nitrogens with zero attached hydrogens (tertiary/aromatic N) is 1. The third-order valence-electron chi connectivity index (χ3n) is 2.40. The molecule has 0 aliphatic heterocycles. The first-order chi connectivity index (χ1) is 8.10. The van der Waals surface area contributed by atoms with Crippen molar-refractivity contribution < 1.29 is 9.52 Å². The quantitative estimate of drug-likeness (QED) is 0.938. The largest absolute Gasteiger partial charge is 0.436 e. The normalized spacial score (nSPS) is 10.8. The molecular formula is C12H12BrNO2S. The third kappa shape index (κ3) is 2.91. The number of aliphatic hydroxyl groups is 1. The van der Waals surface area contributed by atoms with Crippen molar-refractivity contribution in [1.82, 2.24) is 4.98 Å². The average Bonchev–Trinajstić information content (AvgIpc) is 2.60. The summed E-state index contributed by atoms with van der Waals surface area (Å²) in [5, 5.41) is 9.90. The minimum absolute atomic E-state index is 0.000443. The van der Waals surface area contributed by atoms with Crippen molar-refractivity contribution in [1.29, 1.82) is 0 Å². The van der Waals surface area contributed by atoms with E-state index < -0.39 is 0 Å². The Labute approximate surface area is 112 Å². The zero-order valence-corrected chi connectivity index (χ0v) is 11.9. The number of rotatable bonds is 3. The highest BCUT2D eigenvalue weighted by atomic mass is 79.9. The topological polar surface area (TPSA) is 46.3 Å². The Morgan fingerprint density at radius 1 is 1.41 bits per heavy atom. The van der Waals surface area contributed by atoms with Crippen molar-refractivity contribution in [3.63, 3.8) is 0 Å². The second-order valence-electron chi connectivity index (χ2n) is 3.63. The standard InChI is InChI=1S/C12H12BrNO2S/c1-7-8(2)16-12(14-7)17-11-4-3-10(13)5-9(11)6-15/h3-5,15H,6H2,1-2H3. The second-order valence-corrected chi connectivity index (χ2v) is 5.54. The Hall–Kier alpha value is -0.780. The third-order valence-corrected chi connectivity index (χ3v) is 3.86. The van der Waals surface area contributed by atoms with Crippen molar-refractivity contribution in [2.45, 2.75) is 30.6 Å². The first-order valence-corrected chi connectivity index (χ1v) is 6.72. The van der Waals surface area contributed by atoms with Crippen LogP contribution in [0.15, 0.2) is 37.2 Å². The molecule has 1 aromatic heterocycles. The maximum Gasteiger partial charge on any atom is 0.261 e. The highest BCUT2D eigenvalue weighted by molar-refractivity contribution is 9.10. The van der Waals surface area contributed by atoms with Gasteiger partial charge in [0.1, 0.15) is 5.76 Å². The molecule has 0 aliphatic carbocycles. The molecular weight excluding hydrogens is 302 g/mol. The van der Waals surface area contributed by atoms with Gasteiger partial charge in [0.25, 0.3) is 5.22 Å². The monoisotopic (exact) mass is 313 g/mol. The smallest absolute Gasteiger partial charge is 0.261 e. The van der Waals surface area contributed by atoms with Crippen molar-refractivity contribution >= 4 is 27.7 Å². The highest BCUT2D eigenvalue weighted by Gasteiger charge is 2.10. The number of hydrogen-bond donors (Lipinski definition) is 1. The molecule has 90 valence electrons. The van der Waals surface area contributed by atoms with Crippen LogP contribution in [-0.4, -0.2) is 10.1 Å². The first-order valence-electron chi connectivity index (χ1n) is 5.11. The SMILES string of the molecule is Cc1nc(Sc2ccc(Br)cc2CO)oc1C.